The van der Waals surface area contributed by atoms with Gasteiger partial charge in [0.2, 0.25) is 0 Å². The van der Waals surface area contributed by atoms with E-state index in [-0.39, 0.29) is 0 Å². The Hall–Kier alpha value is -1.62. The summed E-state index contributed by atoms with van der Waals surface area (Å²) in [7, 11) is 1.98. The molecule has 0 saturated carbocycles. The van der Waals surface area contributed by atoms with Gasteiger partial charge in [0.15, 0.2) is 0 Å². The van der Waals surface area contributed by atoms with Crippen LogP contribution in [0.4, 0.5) is 0 Å². The molecule has 0 radical (unpaired) electrons. The van der Waals surface area contributed by atoms with Crippen LogP contribution in [0, 0.1) is 0 Å². The molecule has 2 aromatic rings. The molecule has 1 atom stereocenters. The molecule has 0 aromatic carbocycles. The van der Waals surface area contributed by atoms with Crippen LogP contribution < -0.4 is 5.32 Å². The van der Waals surface area contributed by atoms with Crippen molar-refractivity contribution >= 4 is 0 Å². The molecule has 0 amide bonds. The Balaban J connectivity index is 1.84. The van der Waals surface area contributed by atoms with E-state index in [9.17, 15) is 0 Å². The highest BCUT2D eigenvalue weighted by atomic mass is 15.3. The van der Waals surface area contributed by atoms with Crippen LogP contribution in [0.5, 0.6) is 0 Å². The highest BCUT2D eigenvalue weighted by Gasteiger charge is 2.20. The molecule has 5 heteroatoms. The fraction of sp³-hybridized carbons (Fsp3) is 0.571. The zero-order valence-corrected chi connectivity index (χ0v) is 11.6. The average molecular weight is 259 g/mol. The Morgan fingerprint density at radius 3 is 3.11 bits per heavy atom. The van der Waals surface area contributed by atoms with E-state index in [1.54, 1.807) is 0 Å². The van der Waals surface area contributed by atoms with E-state index in [1.807, 2.05) is 24.3 Å². The van der Waals surface area contributed by atoms with E-state index in [0.717, 1.165) is 19.5 Å². The molecule has 1 saturated heterocycles. The first-order valence-electron chi connectivity index (χ1n) is 7.02. The molecule has 3 heterocycles. The summed E-state index contributed by atoms with van der Waals surface area (Å²) in [6.07, 6.45) is 9.47. The first-order valence-corrected chi connectivity index (χ1v) is 7.02. The van der Waals surface area contributed by atoms with Crippen LogP contribution in [-0.2, 0) is 20.0 Å². The summed E-state index contributed by atoms with van der Waals surface area (Å²) in [6.45, 7) is 4.13. The van der Waals surface area contributed by atoms with E-state index in [2.05, 4.69) is 33.1 Å². The smallest absolute Gasteiger partial charge is 0.0951 e. The summed E-state index contributed by atoms with van der Waals surface area (Å²) in [5, 5.41) is 8.04. The van der Waals surface area contributed by atoms with Crippen LogP contribution in [-0.4, -0.2) is 25.9 Å². The predicted octanol–water partition coefficient (Wildman–Crippen LogP) is 1.65. The van der Waals surface area contributed by atoms with Crippen LogP contribution in [0.25, 0.3) is 0 Å². The molecule has 1 aliphatic heterocycles. The fourth-order valence-corrected chi connectivity index (χ4v) is 2.89. The largest absolute Gasteiger partial charge is 0.329 e. The van der Waals surface area contributed by atoms with Crippen molar-refractivity contribution in [2.75, 3.05) is 6.54 Å². The number of rotatable bonds is 4. The zero-order chi connectivity index (χ0) is 13.2. The molecular formula is C14H21N5. The van der Waals surface area contributed by atoms with Gasteiger partial charge in [0.1, 0.15) is 0 Å². The highest BCUT2D eigenvalue weighted by molar-refractivity contribution is 5.19. The maximum absolute atomic E-state index is 4.50. The van der Waals surface area contributed by atoms with Crippen molar-refractivity contribution in [2.45, 2.75) is 38.8 Å². The lowest BCUT2D eigenvalue weighted by molar-refractivity contribution is 0.583. The van der Waals surface area contributed by atoms with Crippen LogP contribution in [0.3, 0.4) is 0 Å². The SMILES string of the molecule is CCc1nn(C)cc1Cn1cncc1[C@@H]1CCCN1. The molecule has 0 bridgehead atoms. The third kappa shape index (κ3) is 2.42. The van der Waals surface area contributed by atoms with Crippen molar-refractivity contribution in [3.8, 4) is 0 Å². The summed E-state index contributed by atoms with van der Waals surface area (Å²) in [6, 6.07) is 0.462. The van der Waals surface area contributed by atoms with E-state index in [0.29, 0.717) is 6.04 Å². The molecule has 1 N–H and O–H groups in total. The first kappa shape index (κ1) is 12.4. The minimum Gasteiger partial charge on any atom is -0.329 e. The van der Waals surface area contributed by atoms with Crippen LogP contribution in [0.2, 0.25) is 0 Å². The van der Waals surface area contributed by atoms with Gasteiger partial charge >= 0.3 is 0 Å². The number of aryl methyl sites for hydroxylation is 2. The maximum atomic E-state index is 4.50. The Morgan fingerprint density at radius 1 is 1.47 bits per heavy atom. The molecular weight excluding hydrogens is 238 g/mol. The van der Waals surface area contributed by atoms with Crippen molar-refractivity contribution in [3.05, 3.63) is 35.7 Å². The molecule has 1 aliphatic rings. The monoisotopic (exact) mass is 259 g/mol. The van der Waals surface area contributed by atoms with Crippen molar-refractivity contribution < 1.29 is 0 Å². The number of nitrogens with one attached hydrogen (secondary N) is 1. The Bertz CT molecular complexity index is 548. The van der Waals surface area contributed by atoms with E-state index in [4.69, 9.17) is 0 Å². The molecule has 3 rings (SSSR count). The van der Waals surface area contributed by atoms with Crippen LogP contribution >= 0.6 is 0 Å². The maximum Gasteiger partial charge on any atom is 0.0951 e. The highest BCUT2D eigenvalue weighted by Crippen LogP contribution is 2.23. The van der Waals surface area contributed by atoms with Gasteiger partial charge in [-0.05, 0) is 25.8 Å². The van der Waals surface area contributed by atoms with Crippen LogP contribution in [0.1, 0.15) is 42.8 Å². The third-order valence-electron chi connectivity index (χ3n) is 3.83. The Morgan fingerprint density at radius 2 is 2.37 bits per heavy atom. The van der Waals surface area contributed by atoms with Crippen molar-refractivity contribution in [1.29, 1.82) is 0 Å². The van der Waals surface area contributed by atoms with Gasteiger partial charge in [-0.25, -0.2) is 4.98 Å². The number of hydrogen-bond acceptors (Lipinski definition) is 3. The number of aromatic nitrogens is 4. The normalized spacial score (nSPS) is 19.2. The van der Waals surface area contributed by atoms with E-state index < -0.39 is 0 Å². The molecule has 0 spiro atoms. The lowest BCUT2D eigenvalue weighted by Crippen LogP contribution is -2.17. The van der Waals surface area contributed by atoms with Gasteiger partial charge in [0, 0.05) is 31.0 Å². The summed E-state index contributed by atoms with van der Waals surface area (Å²) in [4.78, 5) is 4.32. The minimum atomic E-state index is 0.462. The van der Waals surface area contributed by atoms with Crippen LogP contribution in [0.15, 0.2) is 18.7 Å². The molecule has 1 fully saturated rings. The van der Waals surface area contributed by atoms with Gasteiger partial charge in [0.05, 0.1) is 24.3 Å². The van der Waals surface area contributed by atoms with Crippen molar-refractivity contribution in [2.24, 2.45) is 7.05 Å². The molecule has 19 heavy (non-hydrogen) atoms. The Kier molecular flexibility index (Phi) is 3.38. The second-order valence-electron chi connectivity index (χ2n) is 5.22. The average Bonchev–Trinajstić information content (AvgIpc) is 3.09. The summed E-state index contributed by atoms with van der Waals surface area (Å²) < 4.78 is 4.15. The fourth-order valence-electron chi connectivity index (χ4n) is 2.89. The summed E-state index contributed by atoms with van der Waals surface area (Å²) in [5.74, 6) is 0. The number of hydrogen-bond donors (Lipinski definition) is 1. The first-order chi connectivity index (χ1) is 9.28. The zero-order valence-electron chi connectivity index (χ0n) is 11.6. The topological polar surface area (TPSA) is 47.7 Å². The molecule has 0 unspecified atom stereocenters. The summed E-state index contributed by atoms with van der Waals surface area (Å²) >= 11 is 0. The second-order valence-corrected chi connectivity index (χ2v) is 5.22. The lowest BCUT2D eigenvalue weighted by Gasteiger charge is -2.13. The quantitative estimate of drug-likeness (QED) is 0.908. The van der Waals surface area contributed by atoms with Gasteiger partial charge in [-0.3, -0.25) is 4.68 Å². The summed E-state index contributed by atoms with van der Waals surface area (Å²) in [5.41, 5.74) is 3.77. The molecule has 102 valence electrons. The Labute approximate surface area is 113 Å². The number of nitrogens with zero attached hydrogens (tertiary/aromatic N) is 4. The third-order valence-corrected chi connectivity index (χ3v) is 3.83. The minimum absolute atomic E-state index is 0.462. The molecule has 2 aromatic heterocycles. The van der Waals surface area contributed by atoms with Crippen molar-refractivity contribution in [1.82, 2.24) is 24.6 Å². The van der Waals surface area contributed by atoms with Gasteiger partial charge < -0.3 is 9.88 Å². The standard InChI is InChI=1S/C14H21N5/c1-3-12-11(8-18(2)17-12)9-19-10-15-7-14(19)13-5-4-6-16-13/h7-8,10,13,16H,3-6,9H2,1-2H3/t13-/m0/s1. The van der Waals surface area contributed by atoms with Gasteiger partial charge in [-0.1, -0.05) is 6.92 Å². The van der Waals surface area contributed by atoms with E-state index >= 15 is 0 Å². The van der Waals surface area contributed by atoms with Crippen molar-refractivity contribution in [3.63, 3.8) is 0 Å². The molecule has 5 nitrogen and oxygen atoms in total. The van der Waals surface area contributed by atoms with Gasteiger partial charge in [-0.15, -0.1) is 0 Å². The predicted molar refractivity (Wildman–Crippen MR) is 73.9 cm³/mol. The lowest BCUT2D eigenvalue weighted by atomic mass is 10.1. The van der Waals surface area contributed by atoms with Gasteiger partial charge in [-0.2, -0.15) is 5.10 Å². The van der Waals surface area contributed by atoms with E-state index in [1.165, 1.54) is 29.8 Å². The number of imidazole rings is 1. The second kappa shape index (κ2) is 5.17. The molecule has 0 aliphatic carbocycles. The van der Waals surface area contributed by atoms with Gasteiger partial charge in [0.25, 0.3) is 0 Å².